The number of aromatic nitrogens is 1. The van der Waals surface area contributed by atoms with Crippen LogP contribution in [-0.4, -0.2) is 38.3 Å². The van der Waals surface area contributed by atoms with Crippen molar-refractivity contribution >= 4 is 22.9 Å². The summed E-state index contributed by atoms with van der Waals surface area (Å²) in [5.74, 6) is 0.689. The lowest BCUT2D eigenvalue weighted by Crippen LogP contribution is -2.35. The Morgan fingerprint density at radius 2 is 2.33 bits per heavy atom. The van der Waals surface area contributed by atoms with E-state index in [1.807, 2.05) is 23.6 Å². The molecule has 5 nitrogen and oxygen atoms in total. The Hall–Kier alpha value is -1.92. The van der Waals surface area contributed by atoms with Gasteiger partial charge in [-0.2, -0.15) is 0 Å². The van der Waals surface area contributed by atoms with Gasteiger partial charge in [0.2, 0.25) is 0 Å². The molecular formula is C15H16N2O3S. The van der Waals surface area contributed by atoms with E-state index < -0.39 is 0 Å². The first kappa shape index (κ1) is 14.0. The maximum Gasteiger partial charge on any atom is 0.264 e. The Bertz CT molecular complexity index is 669. The molecule has 0 saturated heterocycles. The zero-order valence-corrected chi connectivity index (χ0v) is 12.8. The largest absolute Gasteiger partial charge is 0.482 e. The lowest BCUT2D eigenvalue weighted by molar-refractivity contribution is -0.120. The number of likely N-dealkylation sites (N-methyl/N-ethyl adjacent to an activating group) is 1. The summed E-state index contributed by atoms with van der Waals surface area (Å²) in [6.45, 7) is 0.767. The molecule has 3 rings (SSSR count). The second kappa shape index (κ2) is 5.83. The maximum atomic E-state index is 11.7. The summed E-state index contributed by atoms with van der Waals surface area (Å²) in [7, 11) is 3.45. The fraction of sp³-hybridized carbons (Fsp3) is 0.333. The van der Waals surface area contributed by atoms with Gasteiger partial charge in [0.05, 0.1) is 23.0 Å². The summed E-state index contributed by atoms with van der Waals surface area (Å²) in [6, 6.07) is 5.81. The molecule has 2 heterocycles. The highest BCUT2D eigenvalue weighted by atomic mass is 32.1. The maximum absolute atomic E-state index is 11.7. The summed E-state index contributed by atoms with van der Waals surface area (Å²) >= 11 is 1.62. The van der Waals surface area contributed by atoms with E-state index in [1.165, 1.54) is 0 Å². The quantitative estimate of drug-likeness (QED) is 0.870. The number of rotatable bonds is 4. The van der Waals surface area contributed by atoms with Crippen LogP contribution in [0.3, 0.4) is 0 Å². The van der Waals surface area contributed by atoms with Crippen LogP contribution in [0.5, 0.6) is 5.75 Å². The van der Waals surface area contributed by atoms with Crippen LogP contribution in [0.4, 0.5) is 5.69 Å². The molecule has 0 unspecified atom stereocenters. The van der Waals surface area contributed by atoms with E-state index in [0.29, 0.717) is 6.61 Å². The van der Waals surface area contributed by atoms with Gasteiger partial charge >= 0.3 is 0 Å². The van der Waals surface area contributed by atoms with Crippen LogP contribution >= 0.6 is 11.3 Å². The van der Waals surface area contributed by atoms with Crippen molar-refractivity contribution in [1.82, 2.24) is 4.98 Å². The fourth-order valence-electron chi connectivity index (χ4n) is 2.18. The summed E-state index contributed by atoms with van der Waals surface area (Å²) in [4.78, 5) is 17.9. The Morgan fingerprint density at radius 1 is 1.48 bits per heavy atom. The molecule has 1 aliphatic heterocycles. The molecule has 1 aromatic heterocycles. The molecule has 0 aliphatic carbocycles. The smallest absolute Gasteiger partial charge is 0.264 e. The number of carbonyl (C=O) groups excluding carboxylic acids is 1. The third-order valence-electron chi connectivity index (χ3n) is 3.41. The lowest BCUT2D eigenvalue weighted by Gasteiger charge is -2.26. The van der Waals surface area contributed by atoms with E-state index in [2.05, 4.69) is 4.98 Å². The number of fused-ring (bicyclic) bond motifs is 1. The summed E-state index contributed by atoms with van der Waals surface area (Å²) < 4.78 is 10.5. The molecular weight excluding hydrogens is 288 g/mol. The third-order valence-corrected chi connectivity index (χ3v) is 4.32. The average Bonchev–Trinajstić information content (AvgIpc) is 2.97. The molecule has 2 aromatic rings. The van der Waals surface area contributed by atoms with E-state index in [1.54, 1.807) is 30.4 Å². The minimum Gasteiger partial charge on any atom is -0.482 e. The second-order valence-corrected chi connectivity index (χ2v) is 5.74. The molecule has 6 heteroatoms. The normalized spacial score (nSPS) is 14.0. The van der Waals surface area contributed by atoms with Gasteiger partial charge in [-0.15, -0.1) is 11.3 Å². The minimum absolute atomic E-state index is 0.0429. The Morgan fingerprint density at radius 3 is 3.14 bits per heavy atom. The number of carbonyl (C=O) groups is 1. The van der Waals surface area contributed by atoms with Gasteiger partial charge in [-0.1, -0.05) is 0 Å². The SMILES string of the molecule is COCCc1nc(-c2ccc3c(c2)N(C)C(=O)CO3)cs1. The minimum atomic E-state index is -0.0429. The monoisotopic (exact) mass is 304 g/mol. The molecule has 21 heavy (non-hydrogen) atoms. The summed E-state index contributed by atoms with van der Waals surface area (Å²) in [6.07, 6.45) is 0.813. The topological polar surface area (TPSA) is 51.7 Å². The predicted molar refractivity (Wildman–Crippen MR) is 82.0 cm³/mol. The van der Waals surface area contributed by atoms with Crippen LogP contribution in [0.1, 0.15) is 5.01 Å². The molecule has 1 aromatic carbocycles. The van der Waals surface area contributed by atoms with Crippen molar-refractivity contribution in [3.05, 3.63) is 28.6 Å². The number of benzene rings is 1. The molecule has 1 amide bonds. The first-order chi connectivity index (χ1) is 10.2. The number of thiazole rings is 1. The number of ether oxygens (including phenoxy) is 2. The van der Waals surface area contributed by atoms with Crippen molar-refractivity contribution in [2.24, 2.45) is 0 Å². The third kappa shape index (κ3) is 2.77. The van der Waals surface area contributed by atoms with E-state index in [0.717, 1.165) is 34.1 Å². The molecule has 0 fully saturated rings. The van der Waals surface area contributed by atoms with Crippen molar-refractivity contribution in [2.45, 2.75) is 6.42 Å². The van der Waals surface area contributed by atoms with Crippen LogP contribution in [-0.2, 0) is 16.0 Å². The highest BCUT2D eigenvalue weighted by Gasteiger charge is 2.22. The van der Waals surface area contributed by atoms with Gasteiger partial charge in [0, 0.05) is 31.5 Å². The summed E-state index contributed by atoms with van der Waals surface area (Å²) in [5, 5.41) is 3.07. The second-order valence-electron chi connectivity index (χ2n) is 4.79. The number of nitrogens with zero attached hydrogens (tertiary/aromatic N) is 2. The molecule has 110 valence electrons. The number of methoxy groups -OCH3 is 1. The van der Waals surface area contributed by atoms with Crippen molar-refractivity contribution in [3.8, 4) is 17.0 Å². The molecule has 0 atom stereocenters. The van der Waals surface area contributed by atoms with E-state index in [4.69, 9.17) is 9.47 Å². The molecule has 0 spiro atoms. The zero-order chi connectivity index (χ0) is 14.8. The lowest BCUT2D eigenvalue weighted by atomic mass is 10.1. The van der Waals surface area contributed by atoms with Gasteiger partial charge in [-0.05, 0) is 18.2 Å². The number of amides is 1. The van der Waals surface area contributed by atoms with Crippen molar-refractivity contribution in [2.75, 3.05) is 32.3 Å². The highest BCUT2D eigenvalue weighted by Crippen LogP contribution is 2.35. The predicted octanol–water partition coefficient (Wildman–Crippen LogP) is 2.35. The van der Waals surface area contributed by atoms with Gasteiger partial charge in [0.1, 0.15) is 5.75 Å². The van der Waals surface area contributed by atoms with E-state index in [9.17, 15) is 4.79 Å². The van der Waals surface area contributed by atoms with Crippen molar-refractivity contribution in [3.63, 3.8) is 0 Å². The van der Waals surface area contributed by atoms with Crippen molar-refractivity contribution in [1.29, 1.82) is 0 Å². The standard InChI is InChI=1S/C15H16N2O3S/c1-17-12-7-10(3-4-13(12)20-8-15(17)18)11-9-21-14(16-11)5-6-19-2/h3-4,7,9H,5-6,8H2,1-2H3. The van der Waals surface area contributed by atoms with E-state index >= 15 is 0 Å². The average molecular weight is 304 g/mol. The van der Waals surface area contributed by atoms with Gasteiger partial charge in [0.15, 0.2) is 6.61 Å². The highest BCUT2D eigenvalue weighted by molar-refractivity contribution is 7.09. The van der Waals surface area contributed by atoms with Gasteiger partial charge in [0.25, 0.3) is 5.91 Å². The first-order valence-corrected chi connectivity index (χ1v) is 7.54. The summed E-state index contributed by atoms with van der Waals surface area (Å²) in [5.41, 5.74) is 2.69. The van der Waals surface area contributed by atoms with E-state index in [-0.39, 0.29) is 12.5 Å². The first-order valence-electron chi connectivity index (χ1n) is 6.66. The Labute approximate surface area is 127 Å². The van der Waals surface area contributed by atoms with Crippen molar-refractivity contribution < 1.29 is 14.3 Å². The van der Waals surface area contributed by atoms with Gasteiger partial charge in [-0.3, -0.25) is 4.79 Å². The number of hydrogen-bond donors (Lipinski definition) is 0. The molecule has 0 N–H and O–H groups in total. The van der Waals surface area contributed by atoms with Gasteiger partial charge in [-0.25, -0.2) is 4.98 Å². The zero-order valence-electron chi connectivity index (χ0n) is 12.0. The number of hydrogen-bond acceptors (Lipinski definition) is 5. The van der Waals surface area contributed by atoms with Crippen LogP contribution in [0.2, 0.25) is 0 Å². The van der Waals surface area contributed by atoms with Crippen LogP contribution in [0.15, 0.2) is 23.6 Å². The molecule has 0 radical (unpaired) electrons. The van der Waals surface area contributed by atoms with Crippen LogP contribution in [0, 0.1) is 0 Å². The molecule has 1 aliphatic rings. The molecule has 0 bridgehead atoms. The van der Waals surface area contributed by atoms with Crippen LogP contribution in [0.25, 0.3) is 11.3 Å². The van der Waals surface area contributed by atoms with Gasteiger partial charge < -0.3 is 14.4 Å². The Balaban J connectivity index is 1.89. The Kier molecular flexibility index (Phi) is 3.90. The number of anilines is 1. The van der Waals surface area contributed by atoms with Crippen LogP contribution < -0.4 is 9.64 Å². The fourth-order valence-corrected chi connectivity index (χ4v) is 2.97. The molecule has 0 saturated carbocycles.